The third-order valence-corrected chi connectivity index (χ3v) is 7.14. The van der Waals surface area contributed by atoms with Crippen molar-refractivity contribution in [3.8, 4) is 11.5 Å². The topological polar surface area (TPSA) is 71.1 Å². The molecular weight excluding hydrogens is 424 g/mol. The molecule has 2 rings (SSSR count). The first-order chi connectivity index (χ1) is 14.5. The Kier molecular flexibility index (Phi) is 9.89. The highest BCUT2D eigenvalue weighted by atomic mass is 32.2. The first-order valence-electron chi connectivity index (χ1n) is 9.17. The Balaban J connectivity index is 2.12. The van der Waals surface area contributed by atoms with E-state index in [9.17, 15) is 9.59 Å². The Labute approximate surface area is 185 Å². The van der Waals surface area contributed by atoms with E-state index in [1.54, 1.807) is 14.2 Å². The number of rotatable bonds is 11. The highest BCUT2D eigenvalue weighted by molar-refractivity contribution is 8.04. The van der Waals surface area contributed by atoms with Crippen LogP contribution in [-0.4, -0.2) is 50.9 Å². The summed E-state index contributed by atoms with van der Waals surface area (Å²) in [6, 6.07) is 15.2. The lowest BCUT2D eigenvalue weighted by atomic mass is 10.2. The van der Waals surface area contributed by atoms with E-state index in [0.29, 0.717) is 11.5 Å². The Hall–Kier alpha value is -2.32. The number of hydrogen-bond donors (Lipinski definition) is 0. The zero-order chi connectivity index (χ0) is 21.9. The van der Waals surface area contributed by atoms with Gasteiger partial charge >= 0.3 is 11.9 Å². The maximum absolute atomic E-state index is 12.5. The van der Waals surface area contributed by atoms with E-state index in [1.165, 1.54) is 37.7 Å². The molecule has 2 unspecified atom stereocenters. The van der Waals surface area contributed by atoms with Crippen molar-refractivity contribution in [2.24, 2.45) is 0 Å². The highest BCUT2D eigenvalue weighted by Crippen LogP contribution is 2.32. The monoisotopic (exact) mass is 450 g/mol. The van der Waals surface area contributed by atoms with Crippen LogP contribution in [-0.2, 0) is 30.6 Å². The van der Waals surface area contributed by atoms with Gasteiger partial charge in [0.05, 0.1) is 28.4 Å². The largest absolute Gasteiger partial charge is 0.497 e. The van der Waals surface area contributed by atoms with E-state index in [2.05, 4.69) is 0 Å². The standard InChI is InChI=1S/C22H26O6S2/c1-25-17-9-5-15(6-10-17)13-29-19(21(23)27-3)20(22(24)28-4)30-14-16-7-11-18(26-2)12-8-16/h5-12,19-20H,13-14H2,1-4H3. The van der Waals surface area contributed by atoms with Gasteiger partial charge < -0.3 is 18.9 Å². The van der Waals surface area contributed by atoms with Crippen molar-refractivity contribution in [3.05, 3.63) is 59.7 Å². The summed E-state index contributed by atoms with van der Waals surface area (Å²) in [7, 11) is 5.87. The van der Waals surface area contributed by atoms with E-state index in [4.69, 9.17) is 18.9 Å². The molecule has 0 radical (unpaired) electrons. The second-order valence-electron chi connectivity index (χ2n) is 6.21. The molecule has 0 N–H and O–H groups in total. The van der Waals surface area contributed by atoms with Crippen LogP contribution in [0.15, 0.2) is 48.5 Å². The first-order valence-corrected chi connectivity index (χ1v) is 11.3. The number of benzene rings is 2. The summed E-state index contributed by atoms with van der Waals surface area (Å²) in [5.74, 6) is 1.70. The maximum Gasteiger partial charge on any atom is 0.320 e. The Morgan fingerprint density at radius 3 is 1.27 bits per heavy atom. The number of esters is 2. The number of carbonyl (C=O) groups is 2. The van der Waals surface area contributed by atoms with E-state index >= 15 is 0 Å². The second-order valence-corrected chi connectivity index (χ2v) is 8.47. The smallest absolute Gasteiger partial charge is 0.320 e. The Morgan fingerprint density at radius 2 is 1.00 bits per heavy atom. The number of methoxy groups -OCH3 is 4. The summed E-state index contributed by atoms with van der Waals surface area (Å²) in [6.45, 7) is 0. The molecule has 0 bridgehead atoms. The molecule has 8 heteroatoms. The lowest BCUT2D eigenvalue weighted by Crippen LogP contribution is -2.37. The molecule has 162 valence electrons. The molecule has 0 aliphatic carbocycles. The number of thioether (sulfide) groups is 2. The van der Waals surface area contributed by atoms with Crippen molar-refractivity contribution >= 4 is 35.5 Å². The van der Waals surface area contributed by atoms with Crippen LogP contribution in [0.5, 0.6) is 11.5 Å². The van der Waals surface area contributed by atoms with Crippen LogP contribution in [0.2, 0.25) is 0 Å². The van der Waals surface area contributed by atoms with Gasteiger partial charge in [-0.05, 0) is 35.4 Å². The lowest BCUT2D eigenvalue weighted by Gasteiger charge is -2.22. The second kappa shape index (κ2) is 12.4. The van der Waals surface area contributed by atoms with E-state index < -0.39 is 22.4 Å². The molecule has 0 aliphatic heterocycles. The van der Waals surface area contributed by atoms with E-state index in [0.717, 1.165) is 22.6 Å². The van der Waals surface area contributed by atoms with Crippen molar-refractivity contribution in [2.45, 2.75) is 22.0 Å². The highest BCUT2D eigenvalue weighted by Gasteiger charge is 2.36. The van der Waals surface area contributed by atoms with Gasteiger partial charge in [-0.1, -0.05) is 24.3 Å². The molecule has 6 nitrogen and oxygen atoms in total. The van der Waals surface area contributed by atoms with Gasteiger partial charge in [0.25, 0.3) is 0 Å². The van der Waals surface area contributed by atoms with Crippen molar-refractivity contribution in [2.75, 3.05) is 28.4 Å². The predicted octanol–water partition coefficient (Wildman–Crippen LogP) is 3.95. The molecule has 2 atom stereocenters. The van der Waals surface area contributed by atoms with Crippen LogP contribution in [0, 0.1) is 0 Å². The lowest BCUT2D eigenvalue weighted by molar-refractivity contribution is -0.146. The quantitative estimate of drug-likeness (QED) is 0.477. The van der Waals surface area contributed by atoms with Crippen molar-refractivity contribution in [3.63, 3.8) is 0 Å². The minimum Gasteiger partial charge on any atom is -0.497 e. The third kappa shape index (κ3) is 6.88. The number of ether oxygens (including phenoxy) is 4. The predicted molar refractivity (Wildman–Crippen MR) is 120 cm³/mol. The maximum atomic E-state index is 12.5. The van der Waals surface area contributed by atoms with Crippen molar-refractivity contribution in [1.82, 2.24) is 0 Å². The number of hydrogen-bond acceptors (Lipinski definition) is 8. The van der Waals surface area contributed by atoms with Gasteiger partial charge in [0.2, 0.25) is 0 Å². The molecular formula is C22H26O6S2. The van der Waals surface area contributed by atoms with Gasteiger partial charge in [0, 0.05) is 11.5 Å². The van der Waals surface area contributed by atoms with Crippen LogP contribution in [0.3, 0.4) is 0 Å². The zero-order valence-corrected chi connectivity index (χ0v) is 19.1. The molecule has 2 aromatic carbocycles. The first kappa shape index (κ1) is 24.0. The van der Waals surface area contributed by atoms with Gasteiger partial charge in [-0.2, -0.15) is 0 Å². The average molecular weight is 451 g/mol. The van der Waals surface area contributed by atoms with Gasteiger partial charge in [-0.25, -0.2) is 0 Å². The van der Waals surface area contributed by atoms with E-state index in [-0.39, 0.29) is 0 Å². The summed E-state index contributed by atoms with van der Waals surface area (Å²) in [5, 5.41) is -1.40. The fourth-order valence-corrected chi connectivity index (χ4v) is 5.24. The zero-order valence-electron chi connectivity index (χ0n) is 17.5. The van der Waals surface area contributed by atoms with Crippen LogP contribution < -0.4 is 9.47 Å². The van der Waals surface area contributed by atoms with Gasteiger partial charge in [0.1, 0.15) is 22.0 Å². The minimum absolute atomic E-state index is 0.453. The SMILES string of the molecule is COC(=O)C(SCc1ccc(OC)cc1)C(SCc1ccc(OC)cc1)C(=O)OC. The Morgan fingerprint density at radius 1 is 0.667 bits per heavy atom. The Bertz CT molecular complexity index is 738. The van der Waals surface area contributed by atoms with Gasteiger partial charge in [-0.15, -0.1) is 23.5 Å². The summed E-state index contributed by atoms with van der Waals surface area (Å²) in [6.07, 6.45) is 0. The van der Waals surface area contributed by atoms with Gasteiger partial charge in [0.15, 0.2) is 0 Å². The number of carbonyl (C=O) groups excluding carboxylic acids is 2. The molecule has 0 saturated carbocycles. The fourth-order valence-electron chi connectivity index (χ4n) is 2.61. The minimum atomic E-state index is -0.701. The molecule has 0 aromatic heterocycles. The van der Waals surface area contributed by atoms with Crippen LogP contribution >= 0.6 is 23.5 Å². The molecule has 0 saturated heterocycles. The summed E-state index contributed by atoms with van der Waals surface area (Å²) in [5.41, 5.74) is 2.02. The fraction of sp³-hybridized carbons (Fsp3) is 0.364. The third-order valence-electron chi connectivity index (χ3n) is 4.32. The van der Waals surface area contributed by atoms with Crippen molar-refractivity contribution in [1.29, 1.82) is 0 Å². The van der Waals surface area contributed by atoms with Crippen LogP contribution in [0.1, 0.15) is 11.1 Å². The molecule has 0 heterocycles. The molecule has 0 spiro atoms. The summed E-state index contributed by atoms with van der Waals surface area (Å²) >= 11 is 2.71. The van der Waals surface area contributed by atoms with E-state index in [1.807, 2.05) is 48.5 Å². The molecule has 2 aromatic rings. The van der Waals surface area contributed by atoms with Crippen molar-refractivity contribution < 1.29 is 28.5 Å². The molecule has 0 aliphatic rings. The normalized spacial score (nSPS) is 12.5. The molecule has 0 amide bonds. The summed E-state index contributed by atoms with van der Waals surface area (Å²) in [4.78, 5) is 25.0. The van der Waals surface area contributed by atoms with Gasteiger partial charge in [-0.3, -0.25) is 9.59 Å². The average Bonchev–Trinajstić information content (AvgIpc) is 2.80. The molecule has 30 heavy (non-hydrogen) atoms. The molecule has 0 fully saturated rings. The summed E-state index contributed by atoms with van der Waals surface area (Å²) < 4.78 is 20.3. The van der Waals surface area contributed by atoms with Crippen LogP contribution in [0.25, 0.3) is 0 Å². The van der Waals surface area contributed by atoms with Crippen LogP contribution in [0.4, 0.5) is 0 Å².